The minimum absolute atomic E-state index is 0.0579. The van der Waals surface area contributed by atoms with E-state index in [4.69, 9.17) is 5.11 Å². The standard InChI is InChI=1S/C9H9NO2/c11-5-1-2-8-3-4-9(7-12)10-6-8/h1-6,12H,7H2/b2-1+. The van der Waals surface area contributed by atoms with Gasteiger partial charge < -0.3 is 5.11 Å². The number of rotatable bonds is 3. The highest BCUT2D eigenvalue weighted by molar-refractivity contribution is 5.73. The van der Waals surface area contributed by atoms with E-state index in [2.05, 4.69) is 4.98 Å². The predicted molar refractivity (Wildman–Crippen MR) is 45.3 cm³/mol. The number of nitrogens with zero attached hydrogens (tertiary/aromatic N) is 1. The molecule has 3 nitrogen and oxygen atoms in total. The molecule has 0 radical (unpaired) electrons. The van der Waals surface area contributed by atoms with Crippen molar-refractivity contribution in [2.45, 2.75) is 6.61 Å². The maximum atomic E-state index is 9.95. The third-order valence-electron chi connectivity index (χ3n) is 1.38. The predicted octanol–water partition coefficient (Wildman–Crippen LogP) is 0.786. The van der Waals surface area contributed by atoms with E-state index in [9.17, 15) is 4.79 Å². The van der Waals surface area contributed by atoms with Crippen LogP contribution in [0.5, 0.6) is 0 Å². The number of hydrogen-bond donors (Lipinski definition) is 1. The molecule has 12 heavy (non-hydrogen) atoms. The Morgan fingerprint density at radius 3 is 2.83 bits per heavy atom. The number of pyridine rings is 1. The summed E-state index contributed by atoms with van der Waals surface area (Å²) < 4.78 is 0. The lowest BCUT2D eigenvalue weighted by molar-refractivity contribution is -0.104. The molecule has 0 aliphatic carbocycles. The van der Waals surface area contributed by atoms with Crippen LogP contribution in [0, 0.1) is 0 Å². The highest BCUT2D eigenvalue weighted by atomic mass is 16.3. The van der Waals surface area contributed by atoms with Gasteiger partial charge in [-0.2, -0.15) is 0 Å². The zero-order chi connectivity index (χ0) is 8.81. The van der Waals surface area contributed by atoms with Gasteiger partial charge in [0, 0.05) is 6.20 Å². The van der Waals surface area contributed by atoms with Crippen LogP contribution in [-0.4, -0.2) is 16.4 Å². The molecule has 1 N–H and O–H groups in total. The average Bonchev–Trinajstić information content (AvgIpc) is 2.15. The van der Waals surface area contributed by atoms with Crippen molar-refractivity contribution < 1.29 is 9.90 Å². The lowest BCUT2D eigenvalue weighted by Gasteiger charge is -1.94. The van der Waals surface area contributed by atoms with Crippen molar-refractivity contribution in [3.8, 4) is 0 Å². The second kappa shape index (κ2) is 4.41. The maximum Gasteiger partial charge on any atom is 0.142 e. The second-order valence-electron chi connectivity index (χ2n) is 2.24. The number of aliphatic hydroxyl groups is 1. The average molecular weight is 163 g/mol. The van der Waals surface area contributed by atoms with Gasteiger partial charge in [-0.1, -0.05) is 12.1 Å². The molecule has 0 amide bonds. The number of carbonyl (C=O) groups excluding carboxylic acids is 1. The summed E-state index contributed by atoms with van der Waals surface area (Å²) in [5.74, 6) is 0. The molecule has 3 heteroatoms. The van der Waals surface area contributed by atoms with Crippen LogP contribution in [0.3, 0.4) is 0 Å². The fourth-order valence-electron chi connectivity index (χ4n) is 0.778. The number of aromatic nitrogens is 1. The number of aldehydes is 1. The summed E-state index contributed by atoms with van der Waals surface area (Å²) in [7, 11) is 0. The molecule has 0 aliphatic heterocycles. The summed E-state index contributed by atoms with van der Waals surface area (Å²) in [5, 5.41) is 8.67. The Bertz CT molecular complexity index is 277. The SMILES string of the molecule is O=C/C=C/c1ccc(CO)nc1. The first kappa shape index (κ1) is 8.62. The maximum absolute atomic E-state index is 9.95. The van der Waals surface area contributed by atoms with Crippen LogP contribution in [0.1, 0.15) is 11.3 Å². The van der Waals surface area contributed by atoms with Crippen LogP contribution >= 0.6 is 0 Å². The molecular formula is C9H9NO2. The Morgan fingerprint density at radius 2 is 2.33 bits per heavy atom. The second-order valence-corrected chi connectivity index (χ2v) is 2.24. The lowest BCUT2D eigenvalue weighted by atomic mass is 10.2. The van der Waals surface area contributed by atoms with E-state index in [1.807, 2.05) is 0 Å². The van der Waals surface area contributed by atoms with Gasteiger partial charge in [-0.25, -0.2) is 0 Å². The van der Waals surface area contributed by atoms with E-state index in [1.54, 1.807) is 24.4 Å². The van der Waals surface area contributed by atoms with Gasteiger partial charge in [-0.3, -0.25) is 9.78 Å². The van der Waals surface area contributed by atoms with E-state index in [0.29, 0.717) is 12.0 Å². The molecule has 0 aliphatic rings. The number of aliphatic hydroxyl groups excluding tert-OH is 1. The minimum atomic E-state index is -0.0579. The van der Waals surface area contributed by atoms with Gasteiger partial charge in [0.05, 0.1) is 12.3 Å². The van der Waals surface area contributed by atoms with E-state index in [1.165, 1.54) is 6.08 Å². The molecule has 0 spiro atoms. The normalized spacial score (nSPS) is 10.4. The Hall–Kier alpha value is -1.48. The molecule has 0 unspecified atom stereocenters. The van der Waals surface area contributed by atoms with Crippen molar-refractivity contribution in [1.29, 1.82) is 0 Å². The Morgan fingerprint density at radius 1 is 1.50 bits per heavy atom. The largest absolute Gasteiger partial charge is 0.390 e. The summed E-state index contributed by atoms with van der Waals surface area (Å²) in [6, 6.07) is 3.50. The van der Waals surface area contributed by atoms with E-state index in [-0.39, 0.29) is 6.61 Å². The number of carbonyl (C=O) groups is 1. The van der Waals surface area contributed by atoms with E-state index >= 15 is 0 Å². The van der Waals surface area contributed by atoms with Crippen LogP contribution < -0.4 is 0 Å². The molecule has 0 bridgehead atoms. The van der Waals surface area contributed by atoms with Crippen molar-refractivity contribution in [1.82, 2.24) is 4.98 Å². The van der Waals surface area contributed by atoms with Gasteiger partial charge >= 0.3 is 0 Å². The summed E-state index contributed by atoms with van der Waals surface area (Å²) in [4.78, 5) is 13.9. The Labute approximate surface area is 70.4 Å². The molecule has 0 fully saturated rings. The zero-order valence-corrected chi connectivity index (χ0v) is 6.47. The third kappa shape index (κ3) is 2.29. The van der Waals surface area contributed by atoms with Crippen molar-refractivity contribution in [2.24, 2.45) is 0 Å². The Kier molecular flexibility index (Phi) is 3.17. The minimum Gasteiger partial charge on any atom is -0.390 e. The summed E-state index contributed by atoms with van der Waals surface area (Å²) in [6.07, 6.45) is 5.36. The van der Waals surface area contributed by atoms with Crippen molar-refractivity contribution in [3.05, 3.63) is 35.7 Å². The van der Waals surface area contributed by atoms with Crippen molar-refractivity contribution >= 4 is 12.4 Å². The molecular weight excluding hydrogens is 154 g/mol. The fourth-order valence-corrected chi connectivity index (χ4v) is 0.778. The van der Waals surface area contributed by atoms with Crippen LogP contribution in [0.25, 0.3) is 6.08 Å². The molecule has 0 atom stereocenters. The van der Waals surface area contributed by atoms with E-state index in [0.717, 1.165) is 5.56 Å². The highest BCUT2D eigenvalue weighted by Gasteiger charge is 1.90. The monoisotopic (exact) mass is 163 g/mol. The molecule has 1 rings (SSSR count). The van der Waals surface area contributed by atoms with Crippen molar-refractivity contribution in [3.63, 3.8) is 0 Å². The highest BCUT2D eigenvalue weighted by Crippen LogP contribution is 2.01. The van der Waals surface area contributed by atoms with Crippen LogP contribution in [0.2, 0.25) is 0 Å². The quantitative estimate of drug-likeness (QED) is 0.529. The first-order valence-corrected chi connectivity index (χ1v) is 3.54. The van der Waals surface area contributed by atoms with Gasteiger partial charge in [-0.15, -0.1) is 0 Å². The van der Waals surface area contributed by atoms with Gasteiger partial charge in [0.2, 0.25) is 0 Å². The van der Waals surface area contributed by atoms with E-state index < -0.39 is 0 Å². The van der Waals surface area contributed by atoms with Gasteiger partial charge in [0.1, 0.15) is 6.29 Å². The van der Waals surface area contributed by atoms with Gasteiger partial charge in [0.15, 0.2) is 0 Å². The van der Waals surface area contributed by atoms with Crippen LogP contribution in [0.4, 0.5) is 0 Å². The first-order valence-electron chi connectivity index (χ1n) is 3.54. The molecule has 0 saturated carbocycles. The molecule has 1 aromatic rings. The number of allylic oxidation sites excluding steroid dienone is 1. The summed E-state index contributed by atoms with van der Waals surface area (Å²) >= 11 is 0. The van der Waals surface area contributed by atoms with Crippen LogP contribution in [-0.2, 0) is 11.4 Å². The summed E-state index contributed by atoms with van der Waals surface area (Å²) in [5.41, 5.74) is 1.47. The molecule has 1 aromatic heterocycles. The molecule has 62 valence electrons. The Balaban J connectivity index is 2.77. The smallest absolute Gasteiger partial charge is 0.142 e. The molecule has 0 aromatic carbocycles. The fraction of sp³-hybridized carbons (Fsp3) is 0.111. The lowest BCUT2D eigenvalue weighted by Crippen LogP contribution is -1.87. The zero-order valence-electron chi connectivity index (χ0n) is 6.47. The summed E-state index contributed by atoms with van der Waals surface area (Å²) in [6.45, 7) is -0.0579. The number of hydrogen-bond acceptors (Lipinski definition) is 3. The third-order valence-corrected chi connectivity index (χ3v) is 1.38. The van der Waals surface area contributed by atoms with Gasteiger partial charge in [0.25, 0.3) is 0 Å². The molecule has 0 saturated heterocycles. The van der Waals surface area contributed by atoms with Crippen molar-refractivity contribution in [2.75, 3.05) is 0 Å². The van der Waals surface area contributed by atoms with Crippen LogP contribution in [0.15, 0.2) is 24.4 Å². The van der Waals surface area contributed by atoms with Gasteiger partial charge in [-0.05, 0) is 17.7 Å². The topological polar surface area (TPSA) is 50.2 Å². The molecule has 1 heterocycles. The first-order chi connectivity index (χ1) is 5.86.